The molecule has 0 spiro atoms. The standard InChI is InChI=1S/C19H15Br3N2O2/c1-3-26-18-12(8-14(21)10-17(18)22)9-16-11(2)23-24(19(16)25)15-6-4-13(20)5-7-15/h4-10H,3H2,1-2H3/b16-9-. The average molecular weight is 543 g/mol. The number of carbonyl (C=O) groups is 1. The van der Waals surface area contributed by atoms with Gasteiger partial charge in [0.1, 0.15) is 5.75 Å². The minimum atomic E-state index is -0.164. The lowest BCUT2D eigenvalue weighted by Gasteiger charge is -2.13. The van der Waals surface area contributed by atoms with E-state index in [1.165, 1.54) is 5.01 Å². The van der Waals surface area contributed by atoms with Gasteiger partial charge in [-0.05, 0) is 72.3 Å². The van der Waals surface area contributed by atoms with Gasteiger partial charge in [-0.1, -0.05) is 31.9 Å². The highest BCUT2D eigenvalue weighted by Crippen LogP contribution is 2.35. The first-order valence-corrected chi connectivity index (χ1v) is 10.3. The monoisotopic (exact) mass is 540 g/mol. The maximum atomic E-state index is 12.9. The molecule has 0 bridgehead atoms. The Labute approximate surface area is 177 Å². The van der Waals surface area contributed by atoms with E-state index in [9.17, 15) is 4.79 Å². The van der Waals surface area contributed by atoms with Crippen LogP contribution in [0.5, 0.6) is 5.75 Å². The van der Waals surface area contributed by atoms with Crippen LogP contribution in [0.2, 0.25) is 0 Å². The summed E-state index contributed by atoms with van der Waals surface area (Å²) >= 11 is 10.4. The summed E-state index contributed by atoms with van der Waals surface area (Å²) in [5, 5.41) is 5.84. The van der Waals surface area contributed by atoms with Crippen molar-refractivity contribution in [2.45, 2.75) is 13.8 Å². The Kier molecular flexibility index (Phi) is 5.99. The van der Waals surface area contributed by atoms with Gasteiger partial charge < -0.3 is 4.74 Å². The first-order chi connectivity index (χ1) is 12.4. The molecule has 134 valence electrons. The maximum absolute atomic E-state index is 12.9. The van der Waals surface area contributed by atoms with Crippen molar-refractivity contribution >= 4 is 71.2 Å². The summed E-state index contributed by atoms with van der Waals surface area (Å²) < 4.78 is 8.41. The molecule has 1 aliphatic rings. The molecule has 1 aliphatic heterocycles. The summed E-state index contributed by atoms with van der Waals surface area (Å²) in [7, 11) is 0. The number of hydrazone groups is 1. The third-order valence-corrected chi connectivity index (χ3v) is 5.33. The van der Waals surface area contributed by atoms with Crippen molar-refractivity contribution in [3.63, 3.8) is 0 Å². The van der Waals surface area contributed by atoms with Gasteiger partial charge in [-0.3, -0.25) is 4.79 Å². The zero-order valence-corrected chi connectivity index (χ0v) is 18.9. The Morgan fingerprint density at radius 1 is 1.12 bits per heavy atom. The third kappa shape index (κ3) is 3.94. The van der Waals surface area contributed by atoms with Gasteiger partial charge in [0.2, 0.25) is 0 Å². The molecule has 26 heavy (non-hydrogen) atoms. The van der Waals surface area contributed by atoms with Crippen LogP contribution in [-0.4, -0.2) is 18.2 Å². The third-order valence-electron chi connectivity index (χ3n) is 3.76. The van der Waals surface area contributed by atoms with E-state index in [-0.39, 0.29) is 5.91 Å². The van der Waals surface area contributed by atoms with Gasteiger partial charge in [0, 0.05) is 14.5 Å². The summed E-state index contributed by atoms with van der Waals surface area (Å²) in [6.45, 7) is 4.28. The van der Waals surface area contributed by atoms with E-state index in [1.807, 2.05) is 56.3 Å². The highest BCUT2D eigenvalue weighted by molar-refractivity contribution is 9.11. The topological polar surface area (TPSA) is 41.9 Å². The number of halogens is 3. The van der Waals surface area contributed by atoms with Crippen molar-refractivity contribution in [2.24, 2.45) is 5.10 Å². The first kappa shape index (κ1) is 19.3. The Balaban J connectivity index is 2.01. The van der Waals surface area contributed by atoms with Gasteiger partial charge in [0.25, 0.3) is 5.91 Å². The summed E-state index contributed by atoms with van der Waals surface area (Å²) in [5.74, 6) is 0.536. The van der Waals surface area contributed by atoms with E-state index in [4.69, 9.17) is 4.74 Å². The molecule has 1 heterocycles. The van der Waals surface area contributed by atoms with E-state index in [2.05, 4.69) is 52.9 Å². The molecule has 0 aliphatic carbocycles. The zero-order valence-electron chi connectivity index (χ0n) is 14.1. The summed E-state index contributed by atoms with van der Waals surface area (Å²) in [6, 6.07) is 11.3. The van der Waals surface area contributed by atoms with Crippen LogP contribution in [0.4, 0.5) is 5.69 Å². The van der Waals surface area contributed by atoms with Crippen LogP contribution in [0.15, 0.2) is 60.5 Å². The number of rotatable bonds is 4. The molecule has 2 aromatic rings. The number of hydrogen-bond acceptors (Lipinski definition) is 3. The number of ether oxygens (including phenoxy) is 1. The molecule has 0 saturated carbocycles. The lowest BCUT2D eigenvalue weighted by Crippen LogP contribution is -2.21. The lowest BCUT2D eigenvalue weighted by molar-refractivity contribution is -0.114. The largest absolute Gasteiger partial charge is 0.492 e. The van der Waals surface area contributed by atoms with E-state index in [0.717, 1.165) is 24.7 Å². The predicted molar refractivity (Wildman–Crippen MR) is 116 cm³/mol. The Hall–Kier alpha value is -1.44. The van der Waals surface area contributed by atoms with Crippen molar-refractivity contribution in [1.82, 2.24) is 0 Å². The minimum Gasteiger partial charge on any atom is -0.492 e. The van der Waals surface area contributed by atoms with Gasteiger partial charge in [0.15, 0.2) is 0 Å². The predicted octanol–water partition coefficient (Wildman–Crippen LogP) is 6.18. The van der Waals surface area contributed by atoms with E-state index in [0.29, 0.717) is 23.6 Å². The second-order valence-electron chi connectivity index (χ2n) is 5.58. The smallest absolute Gasteiger partial charge is 0.280 e. The fraction of sp³-hybridized carbons (Fsp3) is 0.158. The van der Waals surface area contributed by atoms with Crippen LogP contribution >= 0.6 is 47.8 Å². The van der Waals surface area contributed by atoms with Crippen LogP contribution < -0.4 is 9.75 Å². The first-order valence-electron chi connectivity index (χ1n) is 7.90. The second kappa shape index (κ2) is 8.06. The van der Waals surface area contributed by atoms with Crippen LogP contribution in [0.1, 0.15) is 19.4 Å². The average Bonchev–Trinajstić information content (AvgIpc) is 2.87. The van der Waals surface area contributed by atoms with Crippen LogP contribution in [0.25, 0.3) is 6.08 Å². The molecule has 0 saturated heterocycles. The van der Waals surface area contributed by atoms with Crippen molar-refractivity contribution in [2.75, 3.05) is 11.6 Å². The molecule has 0 atom stereocenters. The Bertz CT molecular complexity index is 921. The molecule has 1 amide bonds. The molecule has 7 heteroatoms. The summed E-state index contributed by atoms with van der Waals surface area (Å²) in [4.78, 5) is 12.9. The normalized spacial score (nSPS) is 15.6. The molecule has 3 rings (SSSR count). The fourth-order valence-corrected chi connectivity index (χ4v) is 4.22. The molecule has 4 nitrogen and oxygen atoms in total. The minimum absolute atomic E-state index is 0.164. The number of amides is 1. The van der Waals surface area contributed by atoms with E-state index in [1.54, 1.807) is 0 Å². The summed E-state index contributed by atoms with van der Waals surface area (Å²) in [6.07, 6.45) is 1.82. The molecule has 0 radical (unpaired) electrons. The highest BCUT2D eigenvalue weighted by atomic mass is 79.9. The second-order valence-corrected chi connectivity index (χ2v) is 8.26. The molecule has 2 aromatic carbocycles. The van der Waals surface area contributed by atoms with Crippen LogP contribution in [0.3, 0.4) is 0 Å². The highest BCUT2D eigenvalue weighted by Gasteiger charge is 2.29. The molecule has 0 N–H and O–H groups in total. The number of hydrogen-bond donors (Lipinski definition) is 0. The van der Waals surface area contributed by atoms with Crippen molar-refractivity contribution in [3.05, 3.63) is 61.0 Å². The van der Waals surface area contributed by atoms with Crippen LogP contribution in [0, 0.1) is 0 Å². The molecule has 0 aromatic heterocycles. The molecular weight excluding hydrogens is 528 g/mol. The van der Waals surface area contributed by atoms with E-state index < -0.39 is 0 Å². The Morgan fingerprint density at radius 3 is 2.46 bits per heavy atom. The number of carbonyl (C=O) groups excluding carboxylic acids is 1. The van der Waals surface area contributed by atoms with Gasteiger partial charge in [-0.15, -0.1) is 0 Å². The Morgan fingerprint density at radius 2 is 1.81 bits per heavy atom. The lowest BCUT2D eigenvalue weighted by atomic mass is 10.1. The van der Waals surface area contributed by atoms with Crippen molar-refractivity contribution in [3.8, 4) is 5.75 Å². The fourth-order valence-electron chi connectivity index (χ4n) is 2.58. The number of benzene rings is 2. The number of anilines is 1. The molecular formula is C19H15Br3N2O2. The summed E-state index contributed by atoms with van der Waals surface area (Å²) in [5.41, 5.74) is 2.74. The van der Waals surface area contributed by atoms with E-state index >= 15 is 0 Å². The van der Waals surface area contributed by atoms with Crippen molar-refractivity contribution < 1.29 is 9.53 Å². The van der Waals surface area contributed by atoms with Gasteiger partial charge in [-0.25, -0.2) is 0 Å². The molecule has 0 unspecified atom stereocenters. The quantitative estimate of drug-likeness (QED) is 0.433. The zero-order chi connectivity index (χ0) is 18.8. The maximum Gasteiger partial charge on any atom is 0.280 e. The van der Waals surface area contributed by atoms with Gasteiger partial charge in [0.05, 0.1) is 28.1 Å². The SMILES string of the molecule is CCOc1c(Br)cc(Br)cc1/C=C1\C(=O)N(c2ccc(Br)cc2)N=C1C. The number of nitrogens with zero attached hydrogens (tertiary/aromatic N) is 2. The van der Waals surface area contributed by atoms with Gasteiger partial charge in [-0.2, -0.15) is 10.1 Å². The van der Waals surface area contributed by atoms with Gasteiger partial charge >= 0.3 is 0 Å². The van der Waals surface area contributed by atoms with Crippen LogP contribution in [-0.2, 0) is 4.79 Å². The van der Waals surface area contributed by atoms with Crippen molar-refractivity contribution in [1.29, 1.82) is 0 Å². The molecule has 0 fully saturated rings.